The van der Waals surface area contributed by atoms with Crippen molar-refractivity contribution in [2.45, 2.75) is 39.5 Å². The summed E-state index contributed by atoms with van der Waals surface area (Å²) in [6, 6.07) is 53.7. The molecule has 3 N–H and O–H groups in total. The molecule has 2 aliphatic heterocycles. The highest BCUT2D eigenvalue weighted by molar-refractivity contribution is 8.05. The Morgan fingerprint density at radius 1 is 0.761 bits per heavy atom. The zero-order chi connectivity index (χ0) is 46.5. The maximum absolute atomic E-state index is 15.0. The molecule has 3 unspecified atom stereocenters. The first-order chi connectivity index (χ1) is 32.6. The lowest BCUT2D eigenvalue weighted by Crippen LogP contribution is -2.65. The minimum atomic E-state index is -0.895. The predicted molar refractivity (Wildman–Crippen MR) is 268 cm³/mol. The highest BCUT2D eigenvalue weighted by atomic mass is 35.5. The van der Waals surface area contributed by atoms with Crippen LogP contribution in [0.25, 0.3) is 5.57 Å². The van der Waals surface area contributed by atoms with Crippen LogP contribution in [0.3, 0.4) is 0 Å². The number of fused-ring (bicyclic) bond motifs is 1. The summed E-state index contributed by atoms with van der Waals surface area (Å²) in [5.41, 5.74) is 3.67. The predicted octanol–water partition coefficient (Wildman–Crippen LogP) is 10.6. The maximum atomic E-state index is 15.0. The molecule has 7 aromatic rings. The van der Waals surface area contributed by atoms with Gasteiger partial charge >= 0.3 is 5.97 Å². The van der Waals surface area contributed by atoms with Gasteiger partial charge in [0.1, 0.15) is 21.7 Å². The number of carbonyl (C=O) groups is 4. The van der Waals surface area contributed by atoms with E-state index >= 15 is 4.79 Å². The molecule has 9 rings (SSSR count). The van der Waals surface area contributed by atoms with Gasteiger partial charge in [-0.1, -0.05) is 186 Å². The van der Waals surface area contributed by atoms with Crippen LogP contribution in [-0.2, 0) is 29.5 Å². The molecule has 0 spiro atoms. The smallest absolute Gasteiger partial charge is 0.356 e. The fourth-order valence-electron chi connectivity index (χ4n) is 8.27. The molecule has 0 saturated carbocycles. The summed E-state index contributed by atoms with van der Waals surface area (Å²) in [7, 11) is 0. The van der Waals surface area contributed by atoms with Crippen molar-refractivity contribution in [3.05, 3.63) is 224 Å². The van der Waals surface area contributed by atoms with Gasteiger partial charge in [-0.15, -0.1) is 23.5 Å². The Kier molecular flexibility index (Phi) is 14.0. The van der Waals surface area contributed by atoms with Gasteiger partial charge in [0.05, 0.1) is 27.0 Å². The zero-order valence-electron chi connectivity index (χ0n) is 35.7. The monoisotopic (exact) mass is 981 g/mol. The second kappa shape index (κ2) is 20.4. The number of hydrogen-bond donors (Lipinski definition) is 3. The number of thioether (sulfide) groups is 2. The van der Waals surface area contributed by atoms with Gasteiger partial charge < -0.3 is 15.4 Å². The highest BCUT2D eigenvalue weighted by Crippen LogP contribution is 2.53. The number of anilines is 1. The Hall–Kier alpha value is -6.19. The molecule has 67 heavy (non-hydrogen) atoms. The van der Waals surface area contributed by atoms with Crippen molar-refractivity contribution in [3.63, 3.8) is 0 Å². The molecule has 10 nitrogen and oxygen atoms in total. The molecule has 3 amide bonds. The van der Waals surface area contributed by atoms with E-state index in [0.29, 0.717) is 25.4 Å². The number of β-lactam (4-membered cyclic amide) rings is 1. The number of ether oxygens (including phenoxy) is 1. The Labute approximate surface area is 410 Å². The summed E-state index contributed by atoms with van der Waals surface area (Å²) in [5, 5.41) is 8.47. The topological polar surface area (TPSA) is 130 Å². The number of benzene rings is 6. The van der Waals surface area contributed by atoms with Crippen LogP contribution in [0, 0.1) is 0 Å². The van der Waals surface area contributed by atoms with Crippen molar-refractivity contribution in [2.75, 3.05) is 11.9 Å². The van der Waals surface area contributed by atoms with Gasteiger partial charge in [-0.2, -0.15) is 0 Å². The molecule has 3 atom stereocenters. The van der Waals surface area contributed by atoms with E-state index in [1.807, 2.05) is 152 Å². The molecule has 0 aliphatic carbocycles. The molecule has 0 bridgehead atoms. The van der Waals surface area contributed by atoms with Crippen LogP contribution in [0.5, 0.6) is 0 Å². The third kappa shape index (κ3) is 9.66. The second-order valence-corrected chi connectivity index (χ2v) is 19.9. The summed E-state index contributed by atoms with van der Waals surface area (Å²) in [6.45, 7) is 1.28. The molecule has 0 radical (unpaired) electrons. The first kappa shape index (κ1) is 45.9. The van der Waals surface area contributed by atoms with Crippen molar-refractivity contribution < 1.29 is 23.9 Å². The van der Waals surface area contributed by atoms with Crippen LogP contribution in [0.1, 0.15) is 45.7 Å². The van der Waals surface area contributed by atoms with Crippen molar-refractivity contribution >= 4 is 92.5 Å². The van der Waals surface area contributed by atoms with Crippen LogP contribution < -0.4 is 16.0 Å². The number of esters is 1. The lowest BCUT2D eigenvalue weighted by atomic mass is 9.77. The largest absolute Gasteiger partial charge is 0.448 e. The standard InChI is InChI=1S/C52H41Cl2N5O5S3/c1-32(60)57-47-43(41-30-55-51(66-41)58-42(61)31-56-52(35-21-11-4-12-22-35,36-23-13-5-14-24-36)37-25-15-6-16-26-37)44(50(63)64-45(33-17-7-2-8-18-33)34-19-9-3-10-20-34)59-48(62)46(49(59)67-47)65-38-27-28-39(53)40(54)29-38/h2-30,45-47,49,56H,31H2,1H3,(H,57,60)(H,55,58,61). The first-order valence-electron chi connectivity index (χ1n) is 21.2. The van der Waals surface area contributed by atoms with Gasteiger partial charge in [-0.3, -0.25) is 24.6 Å². The van der Waals surface area contributed by atoms with Crippen molar-refractivity contribution in [3.8, 4) is 0 Å². The number of carbonyl (C=O) groups excluding carboxylic acids is 4. The fourth-order valence-corrected chi connectivity index (χ4v) is 12.5. The molecule has 1 saturated heterocycles. The van der Waals surface area contributed by atoms with Crippen LogP contribution >= 0.6 is 58.1 Å². The highest BCUT2D eigenvalue weighted by Gasteiger charge is 2.57. The second-order valence-electron chi connectivity index (χ2n) is 15.6. The van der Waals surface area contributed by atoms with Crippen LogP contribution in [0.2, 0.25) is 10.0 Å². The number of rotatable bonds is 15. The third-order valence-electron chi connectivity index (χ3n) is 11.3. The zero-order valence-corrected chi connectivity index (χ0v) is 39.6. The van der Waals surface area contributed by atoms with E-state index < -0.39 is 33.6 Å². The molecule has 6 aromatic carbocycles. The van der Waals surface area contributed by atoms with Crippen molar-refractivity contribution in [1.29, 1.82) is 0 Å². The average molecular weight is 983 g/mol. The fraction of sp³-hybridized carbons (Fsp3) is 0.135. The van der Waals surface area contributed by atoms with Gasteiger partial charge in [0.25, 0.3) is 0 Å². The number of thiazole rings is 1. The Bertz CT molecular complexity index is 2810. The minimum absolute atomic E-state index is 0.0306. The summed E-state index contributed by atoms with van der Waals surface area (Å²) >= 11 is 16.3. The van der Waals surface area contributed by atoms with Gasteiger partial charge in [-0.05, 0) is 46.0 Å². The van der Waals surface area contributed by atoms with E-state index in [1.165, 1.54) is 41.5 Å². The van der Waals surface area contributed by atoms with Gasteiger partial charge in [0.15, 0.2) is 11.2 Å². The molecular weight excluding hydrogens is 942 g/mol. The number of nitrogens with one attached hydrogen (secondary N) is 3. The maximum Gasteiger partial charge on any atom is 0.356 e. The van der Waals surface area contributed by atoms with Crippen LogP contribution in [0.4, 0.5) is 5.13 Å². The summed E-state index contributed by atoms with van der Waals surface area (Å²) in [6.07, 6.45) is 0.694. The van der Waals surface area contributed by atoms with E-state index in [-0.39, 0.29) is 35.1 Å². The van der Waals surface area contributed by atoms with Crippen LogP contribution in [0.15, 0.2) is 187 Å². The average Bonchev–Trinajstić information content (AvgIpc) is 3.82. The van der Waals surface area contributed by atoms with E-state index in [0.717, 1.165) is 39.2 Å². The quantitative estimate of drug-likeness (QED) is 0.0522. The minimum Gasteiger partial charge on any atom is -0.448 e. The molecule has 2 aliphatic rings. The Balaban J connectivity index is 1.07. The van der Waals surface area contributed by atoms with E-state index in [2.05, 4.69) is 20.9 Å². The number of nitrogens with zero attached hydrogens (tertiary/aromatic N) is 2. The molecule has 1 aromatic heterocycles. The molecule has 15 heteroatoms. The number of halogens is 2. The molecule has 1 fully saturated rings. The SMILES string of the molecule is CC(=O)NC1SC2C(Sc3ccc(Cl)c(Cl)c3)C(=O)N2C(C(=O)OC(c2ccccc2)c2ccccc2)=C1c1cnc(NC(=O)CNC(c2ccccc2)(c2ccccc2)c2ccccc2)s1. The van der Waals surface area contributed by atoms with E-state index in [1.54, 1.807) is 18.2 Å². The Morgan fingerprint density at radius 2 is 1.30 bits per heavy atom. The Morgan fingerprint density at radius 3 is 1.82 bits per heavy atom. The normalized spacial score (nSPS) is 16.8. The molecule has 336 valence electrons. The summed E-state index contributed by atoms with van der Waals surface area (Å²) in [4.78, 5) is 63.7. The number of amides is 3. The molecular formula is C52H41Cl2N5O5S3. The van der Waals surface area contributed by atoms with Gasteiger partial charge in [-0.25, -0.2) is 9.78 Å². The lowest BCUT2D eigenvalue weighted by Gasteiger charge is -2.51. The molecule has 3 heterocycles. The van der Waals surface area contributed by atoms with Gasteiger partial charge in [0.2, 0.25) is 17.7 Å². The number of aromatic nitrogens is 1. The summed E-state index contributed by atoms with van der Waals surface area (Å²) < 4.78 is 6.45. The van der Waals surface area contributed by atoms with Gasteiger partial charge in [0, 0.05) is 23.6 Å². The van der Waals surface area contributed by atoms with Crippen molar-refractivity contribution in [2.24, 2.45) is 0 Å². The van der Waals surface area contributed by atoms with Crippen LogP contribution in [-0.4, -0.2) is 56.1 Å². The van der Waals surface area contributed by atoms with E-state index in [4.69, 9.17) is 27.9 Å². The van der Waals surface area contributed by atoms with Crippen molar-refractivity contribution in [1.82, 2.24) is 20.5 Å². The van der Waals surface area contributed by atoms with E-state index in [9.17, 15) is 14.4 Å². The summed E-state index contributed by atoms with van der Waals surface area (Å²) in [5.74, 6) is -1.84. The lowest BCUT2D eigenvalue weighted by molar-refractivity contribution is -0.151. The third-order valence-corrected chi connectivity index (χ3v) is 15.8. The number of hydrogen-bond acceptors (Lipinski definition) is 10. The first-order valence-corrected chi connectivity index (χ1v) is 24.6.